The summed E-state index contributed by atoms with van der Waals surface area (Å²) >= 11 is 0. The maximum absolute atomic E-state index is 9.81. The second-order valence-electron chi connectivity index (χ2n) is 6.52. The van der Waals surface area contributed by atoms with Gasteiger partial charge in [-0.2, -0.15) is 0 Å². The van der Waals surface area contributed by atoms with Crippen LogP contribution in [0.2, 0.25) is 0 Å². The Balaban J connectivity index is 2.16. The molecule has 0 saturated heterocycles. The fourth-order valence-electron chi connectivity index (χ4n) is 4.61. The summed E-state index contributed by atoms with van der Waals surface area (Å²) in [7, 11) is 4.41. The Morgan fingerprint density at radius 2 is 2.11 bits per heavy atom. The summed E-state index contributed by atoms with van der Waals surface area (Å²) in [6.07, 6.45) is 5.08. The summed E-state index contributed by atoms with van der Waals surface area (Å²) in [6.45, 7) is 2.39. The van der Waals surface area contributed by atoms with Crippen LogP contribution in [0.4, 0.5) is 0 Å². The van der Waals surface area contributed by atoms with E-state index in [0.717, 1.165) is 5.92 Å². The number of phenolic OH excluding ortho intramolecular Hbond substituents is 1. The quantitative estimate of drug-likeness (QED) is 0.822. The highest BCUT2D eigenvalue weighted by atomic mass is 16.3. The van der Waals surface area contributed by atoms with Crippen LogP contribution in [-0.2, 0) is 11.8 Å². The molecule has 0 spiro atoms. The summed E-state index contributed by atoms with van der Waals surface area (Å²) < 4.78 is 0. The summed E-state index contributed by atoms with van der Waals surface area (Å²) in [5.74, 6) is 1.19. The Kier molecular flexibility index (Phi) is 2.67. The van der Waals surface area contributed by atoms with Crippen molar-refractivity contribution in [2.75, 3.05) is 14.1 Å². The molecule has 1 aromatic carbocycles. The molecule has 2 nitrogen and oxygen atoms in total. The lowest BCUT2D eigenvalue weighted by Crippen LogP contribution is -2.56. The SMILES string of the molecule is CN(C)[C@@H]1C2CCC[C@]1(C)c1cc(O)ccc1C2. The van der Waals surface area contributed by atoms with Crippen LogP contribution in [-0.4, -0.2) is 30.1 Å². The van der Waals surface area contributed by atoms with Crippen LogP contribution in [0.5, 0.6) is 5.75 Å². The molecule has 98 valence electrons. The van der Waals surface area contributed by atoms with Crippen molar-refractivity contribution in [3.8, 4) is 5.75 Å². The zero-order valence-electron chi connectivity index (χ0n) is 11.6. The first-order valence-electron chi connectivity index (χ1n) is 7.01. The van der Waals surface area contributed by atoms with Gasteiger partial charge in [-0.25, -0.2) is 0 Å². The summed E-state index contributed by atoms with van der Waals surface area (Å²) in [6, 6.07) is 6.59. The van der Waals surface area contributed by atoms with Crippen molar-refractivity contribution in [1.29, 1.82) is 0 Å². The van der Waals surface area contributed by atoms with Crippen molar-refractivity contribution in [2.24, 2.45) is 5.92 Å². The molecule has 0 aromatic heterocycles. The van der Waals surface area contributed by atoms with Gasteiger partial charge in [0.1, 0.15) is 5.75 Å². The number of hydrogen-bond donors (Lipinski definition) is 1. The topological polar surface area (TPSA) is 23.5 Å². The lowest BCUT2D eigenvalue weighted by molar-refractivity contribution is 0.0624. The molecule has 1 N–H and O–H groups in total. The van der Waals surface area contributed by atoms with Gasteiger partial charge >= 0.3 is 0 Å². The molecular formula is C16H23NO. The molecule has 2 heteroatoms. The smallest absolute Gasteiger partial charge is 0.115 e. The summed E-state index contributed by atoms with van der Waals surface area (Å²) in [4.78, 5) is 2.40. The minimum Gasteiger partial charge on any atom is -0.508 e. The van der Waals surface area contributed by atoms with E-state index in [1.807, 2.05) is 12.1 Å². The lowest BCUT2D eigenvalue weighted by Gasteiger charge is -2.53. The first-order valence-corrected chi connectivity index (χ1v) is 7.01. The zero-order chi connectivity index (χ0) is 12.9. The Morgan fingerprint density at radius 3 is 2.83 bits per heavy atom. The number of phenols is 1. The molecule has 2 aliphatic carbocycles. The number of likely N-dealkylation sites (N-methyl/N-ethyl adjacent to an activating group) is 1. The molecule has 1 aromatic rings. The normalized spacial score (nSPS) is 34.4. The molecule has 18 heavy (non-hydrogen) atoms. The van der Waals surface area contributed by atoms with Gasteiger partial charge in [-0.3, -0.25) is 0 Å². The molecular weight excluding hydrogens is 222 g/mol. The van der Waals surface area contributed by atoms with E-state index >= 15 is 0 Å². The van der Waals surface area contributed by atoms with E-state index in [9.17, 15) is 5.11 Å². The van der Waals surface area contributed by atoms with Gasteiger partial charge in [0.15, 0.2) is 0 Å². The van der Waals surface area contributed by atoms with Gasteiger partial charge in [0.05, 0.1) is 0 Å². The van der Waals surface area contributed by atoms with E-state index < -0.39 is 0 Å². The Morgan fingerprint density at radius 1 is 1.33 bits per heavy atom. The molecule has 0 radical (unpaired) electrons. The number of fused-ring (bicyclic) bond motifs is 4. The number of hydrogen-bond acceptors (Lipinski definition) is 2. The van der Waals surface area contributed by atoms with E-state index in [1.165, 1.54) is 36.8 Å². The molecule has 1 unspecified atom stereocenters. The molecule has 0 heterocycles. The van der Waals surface area contributed by atoms with E-state index in [-0.39, 0.29) is 5.41 Å². The maximum atomic E-state index is 9.81. The van der Waals surface area contributed by atoms with Crippen LogP contribution in [0.3, 0.4) is 0 Å². The van der Waals surface area contributed by atoms with Crippen LogP contribution < -0.4 is 0 Å². The molecule has 3 rings (SSSR count). The number of nitrogens with zero attached hydrogens (tertiary/aromatic N) is 1. The molecule has 3 atom stereocenters. The summed E-state index contributed by atoms with van der Waals surface area (Å²) in [5, 5.41) is 9.81. The molecule has 0 aliphatic heterocycles. The predicted molar refractivity (Wildman–Crippen MR) is 74.0 cm³/mol. The van der Waals surface area contributed by atoms with Gasteiger partial charge in [-0.05, 0) is 62.5 Å². The van der Waals surface area contributed by atoms with Gasteiger partial charge in [-0.15, -0.1) is 0 Å². The van der Waals surface area contributed by atoms with Crippen molar-refractivity contribution in [3.63, 3.8) is 0 Å². The van der Waals surface area contributed by atoms with Crippen LogP contribution in [0.15, 0.2) is 18.2 Å². The largest absolute Gasteiger partial charge is 0.508 e. The average Bonchev–Trinajstić information content (AvgIpc) is 2.29. The first kappa shape index (κ1) is 12.0. The fourth-order valence-corrected chi connectivity index (χ4v) is 4.61. The van der Waals surface area contributed by atoms with Crippen molar-refractivity contribution in [2.45, 2.75) is 44.1 Å². The van der Waals surface area contributed by atoms with Crippen molar-refractivity contribution < 1.29 is 5.11 Å². The van der Waals surface area contributed by atoms with E-state index in [0.29, 0.717) is 11.8 Å². The fraction of sp³-hybridized carbons (Fsp3) is 0.625. The van der Waals surface area contributed by atoms with Crippen molar-refractivity contribution in [3.05, 3.63) is 29.3 Å². The lowest BCUT2D eigenvalue weighted by atomic mass is 9.57. The van der Waals surface area contributed by atoms with E-state index in [2.05, 4.69) is 32.0 Å². The Bertz CT molecular complexity index is 468. The second kappa shape index (κ2) is 3.99. The van der Waals surface area contributed by atoms with Crippen molar-refractivity contribution >= 4 is 0 Å². The molecule has 0 amide bonds. The molecule has 2 aliphatic rings. The Labute approximate surface area is 110 Å². The highest BCUT2D eigenvalue weighted by molar-refractivity contribution is 5.44. The first-order chi connectivity index (χ1) is 8.52. The van der Waals surface area contributed by atoms with E-state index in [1.54, 1.807) is 0 Å². The van der Waals surface area contributed by atoms with Gasteiger partial charge in [0.25, 0.3) is 0 Å². The second-order valence-corrected chi connectivity index (χ2v) is 6.52. The highest BCUT2D eigenvalue weighted by Crippen LogP contribution is 2.50. The monoisotopic (exact) mass is 245 g/mol. The Hall–Kier alpha value is -1.02. The number of aromatic hydroxyl groups is 1. The van der Waals surface area contributed by atoms with Gasteiger partial charge < -0.3 is 10.0 Å². The third-order valence-corrected chi connectivity index (χ3v) is 5.12. The van der Waals surface area contributed by atoms with Gasteiger partial charge in [0, 0.05) is 11.5 Å². The molecule has 2 bridgehead atoms. The number of rotatable bonds is 1. The van der Waals surface area contributed by atoms with Crippen molar-refractivity contribution in [1.82, 2.24) is 4.90 Å². The van der Waals surface area contributed by atoms with Gasteiger partial charge in [-0.1, -0.05) is 19.4 Å². The molecule has 1 fully saturated rings. The minimum atomic E-state index is 0.207. The third-order valence-electron chi connectivity index (χ3n) is 5.12. The number of benzene rings is 1. The summed E-state index contributed by atoms with van der Waals surface area (Å²) in [5.41, 5.74) is 3.05. The van der Waals surface area contributed by atoms with Gasteiger partial charge in [0.2, 0.25) is 0 Å². The van der Waals surface area contributed by atoms with E-state index in [4.69, 9.17) is 0 Å². The van der Waals surface area contributed by atoms with Crippen LogP contribution >= 0.6 is 0 Å². The predicted octanol–water partition coefficient (Wildman–Crippen LogP) is 2.94. The molecule has 1 saturated carbocycles. The van der Waals surface area contributed by atoms with Crippen LogP contribution in [0.25, 0.3) is 0 Å². The minimum absolute atomic E-state index is 0.207. The standard InChI is InChI=1S/C16H23NO/c1-16-8-4-5-12(15(16)17(2)3)9-11-6-7-13(18)10-14(11)16/h6-7,10,12,15,18H,4-5,8-9H2,1-3H3/t12?,15-,16-/m1/s1. The third kappa shape index (κ3) is 1.58. The van der Waals surface area contributed by atoms with Crippen LogP contribution in [0.1, 0.15) is 37.3 Å². The average molecular weight is 245 g/mol. The zero-order valence-corrected chi connectivity index (χ0v) is 11.6. The highest BCUT2D eigenvalue weighted by Gasteiger charge is 2.48. The maximum Gasteiger partial charge on any atom is 0.115 e. The van der Waals surface area contributed by atoms with Crippen LogP contribution in [0, 0.1) is 5.92 Å².